The van der Waals surface area contributed by atoms with Crippen molar-refractivity contribution >= 4 is 11.6 Å². The van der Waals surface area contributed by atoms with Crippen LogP contribution in [0.15, 0.2) is 30.3 Å². The monoisotopic (exact) mass is 331 g/mol. The summed E-state index contributed by atoms with van der Waals surface area (Å²) in [5.74, 6) is 0.487. The smallest absolute Gasteiger partial charge is 0.247 e. The first-order chi connectivity index (χ1) is 11.7. The summed E-state index contributed by atoms with van der Waals surface area (Å²) in [4.78, 5) is 12.9. The molecule has 1 amide bonds. The summed E-state index contributed by atoms with van der Waals surface area (Å²) in [6.07, 6.45) is 2.02. The maximum Gasteiger partial charge on any atom is 0.247 e. The lowest BCUT2D eigenvalue weighted by molar-refractivity contribution is -0.123. The second-order valence-electron chi connectivity index (χ2n) is 6.97. The molecule has 6 nitrogen and oxygen atoms in total. The lowest BCUT2D eigenvalue weighted by Gasteiger charge is -2.46. The second-order valence-corrected chi connectivity index (χ2v) is 6.97. The van der Waals surface area contributed by atoms with Crippen LogP contribution in [0.3, 0.4) is 0 Å². The van der Waals surface area contributed by atoms with E-state index >= 15 is 0 Å². The van der Waals surface area contributed by atoms with Crippen LogP contribution in [0.5, 0.6) is 0 Å². The molecule has 0 spiro atoms. The minimum atomic E-state index is -0.0249. The number of carbonyl (C=O) groups is 1. The molecule has 24 heavy (non-hydrogen) atoms. The standard InChI is InChI=1S/C18H25N3O3/c1-23-15-8-12-14(9-16(15)24-2)19-10-13-17(12)20-21(18(13)22)11-6-4-3-5-7-11/h3-7,12-17,19-20H,8-10H2,1-2H3. The van der Waals surface area contributed by atoms with Gasteiger partial charge in [-0.25, -0.2) is 10.4 Å². The highest BCUT2D eigenvalue weighted by atomic mass is 16.5. The summed E-state index contributed by atoms with van der Waals surface area (Å²) in [5, 5.41) is 5.31. The first-order valence-corrected chi connectivity index (χ1v) is 8.67. The van der Waals surface area contributed by atoms with E-state index in [4.69, 9.17) is 9.47 Å². The molecule has 1 saturated carbocycles. The Morgan fingerprint density at radius 3 is 2.50 bits per heavy atom. The summed E-state index contributed by atoms with van der Waals surface area (Å²) in [6, 6.07) is 10.3. The quantitative estimate of drug-likeness (QED) is 0.863. The molecule has 2 aliphatic heterocycles. The molecule has 2 heterocycles. The van der Waals surface area contributed by atoms with Crippen molar-refractivity contribution in [2.45, 2.75) is 37.1 Å². The Labute approximate surface area is 142 Å². The van der Waals surface area contributed by atoms with E-state index in [-0.39, 0.29) is 30.1 Å². The molecule has 2 N–H and O–H groups in total. The molecule has 3 aliphatic rings. The number of ether oxygens (including phenoxy) is 2. The van der Waals surface area contributed by atoms with Gasteiger partial charge in [0.2, 0.25) is 5.91 Å². The molecular weight excluding hydrogens is 306 g/mol. The third kappa shape index (κ3) is 2.54. The third-order valence-electron chi connectivity index (χ3n) is 5.85. The van der Waals surface area contributed by atoms with Crippen LogP contribution in [0.2, 0.25) is 0 Å². The number of nitrogens with zero attached hydrogens (tertiary/aromatic N) is 1. The molecule has 130 valence electrons. The number of rotatable bonds is 3. The lowest BCUT2D eigenvalue weighted by Crippen LogP contribution is -2.61. The predicted molar refractivity (Wildman–Crippen MR) is 90.5 cm³/mol. The Bertz CT molecular complexity index is 596. The topological polar surface area (TPSA) is 62.8 Å². The van der Waals surface area contributed by atoms with Crippen molar-refractivity contribution in [2.24, 2.45) is 11.8 Å². The van der Waals surface area contributed by atoms with Crippen LogP contribution in [0.25, 0.3) is 0 Å². The molecule has 3 fully saturated rings. The first kappa shape index (κ1) is 16.0. The second kappa shape index (κ2) is 6.44. The maximum atomic E-state index is 12.9. The fourth-order valence-electron chi connectivity index (χ4n) is 4.58. The number of benzene rings is 1. The highest BCUT2D eigenvalue weighted by Crippen LogP contribution is 2.39. The van der Waals surface area contributed by atoms with Crippen molar-refractivity contribution in [3.05, 3.63) is 30.3 Å². The number of hydrazine groups is 1. The number of hydrogen-bond donors (Lipinski definition) is 2. The van der Waals surface area contributed by atoms with E-state index in [1.54, 1.807) is 19.2 Å². The molecule has 0 bridgehead atoms. The average Bonchev–Trinajstić information content (AvgIpc) is 2.98. The number of anilines is 1. The van der Waals surface area contributed by atoms with E-state index < -0.39 is 0 Å². The Balaban J connectivity index is 1.56. The number of methoxy groups -OCH3 is 2. The van der Waals surface area contributed by atoms with Gasteiger partial charge in [0.1, 0.15) is 0 Å². The van der Waals surface area contributed by atoms with Crippen LogP contribution in [0.4, 0.5) is 5.69 Å². The van der Waals surface area contributed by atoms with Crippen molar-refractivity contribution in [1.82, 2.24) is 10.7 Å². The van der Waals surface area contributed by atoms with Gasteiger partial charge in [0, 0.05) is 32.8 Å². The normalized spacial score (nSPS) is 38.8. The Morgan fingerprint density at radius 1 is 1.08 bits per heavy atom. The van der Waals surface area contributed by atoms with Crippen LogP contribution in [-0.4, -0.2) is 51.0 Å². The van der Waals surface area contributed by atoms with Gasteiger partial charge in [0.05, 0.1) is 23.8 Å². The van der Waals surface area contributed by atoms with Gasteiger partial charge >= 0.3 is 0 Å². The van der Waals surface area contributed by atoms with Crippen molar-refractivity contribution in [2.75, 3.05) is 25.8 Å². The zero-order valence-electron chi connectivity index (χ0n) is 14.1. The van der Waals surface area contributed by atoms with Crippen LogP contribution in [0.1, 0.15) is 12.8 Å². The number of piperidine rings is 1. The number of nitrogens with one attached hydrogen (secondary N) is 2. The zero-order chi connectivity index (χ0) is 16.7. The summed E-state index contributed by atoms with van der Waals surface area (Å²) in [5.41, 5.74) is 4.39. The molecular formula is C18H25N3O3. The lowest BCUT2D eigenvalue weighted by atomic mass is 9.71. The minimum absolute atomic E-state index is 0.0249. The number of carbonyl (C=O) groups excluding carboxylic acids is 1. The highest BCUT2D eigenvalue weighted by Gasteiger charge is 2.52. The molecule has 0 aromatic heterocycles. The third-order valence-corrected chi connectivity index (χ3v) is 5.85. The fraction of sp³-hybridized carbons (Fsp3) is 0.611. The Kier molecular flexibility index (Phi) is 4.30. The fourth-order valence-corrected chi connectivity index (χ4v) is 4.58. The molecule has 2 saturated heterocycles. The average molecular weight is 331 g/mol. The van der Waals surface area contributed by atoms with Crippen molar-refractivity contribution < 1.29 is 14.3 Å². The molecule has 1 aromatic rings. The summed E-state index contributed by atoms with van der Waals surface area (Å²) < 4.78 is 11.3. The van der Waals surface area contributed by atoms with Crippen LogP contribution >= 0.6 is 0 Å². The number of amides is 1. The number of para-hydroxylation sites is 1. The van der Waals surface area contributed by atoms with E-state index in [1.807, 2.05) is 30.3 Å². The Hall–Kier alpha value is -1.47. The first-order valence-electron chi connectivity index (χ1n) is 8.67. The minimum Gasteiger partial charge on any atom is -0.379 e. The molecule has 1 aromatic carbocycles. The number of hydrogen-bond acceptors (Lipinski definition) is 5. The van der Waals surface area contributed by atoms with Crippen LogP contribution in [0, 0.1) is 11.8 Å². The summed E-state index contributed by atoms with van der Waals surface area (Å²) in [7, 11) is 3.49. The maximum absolute atomic E-state index is 12.9. The van der Waals surface area contributed by atoms with Crippen molar-refractivity contribution in [3.8, 4) is 0 Å². The molecule has 0 radical (unpaired) electrons. The van der Waals surface area contributed by atoms with E-state index in [9.17, 15) is 4.79 Å². The predicted octanol–water partition coefficient (Wildman–Crippen LogP) is 0.934. The van der Waals surface area contributed by atoms with Gasteiger partial charge in [-0.05, 0) is 30.9 Å². The molecule has 1 aliphatic carbocycles. The summed E-state index contributed by atoms with van der Waals surface area (Å²) >= 11 is 0. The van der Waals surface area contributed by atoms with Gasteiger partial charge in [-0.1, -0.05) is 18.2 Å². The van der Waals surface area contributed by atoms with Gasteiger partial charge < -0.3 is 14.8 Å². The van der Waals surface area contributed by atoms with E-state index in [1.165, 1.54) is 0 Å². The highest BCUT2D eigenvalue weighted by molar-refractivity contribution is 5.97. The van der Waals surface area contributed by atoms with Crippen LogP contribution in [-0.2, 0) is 14.3 Å². The van der Waals surface area contributed by atoms with Gasteiger partial charge in [0.15, 0.2) is 0 Å². The van der Waals surface area contributed by atoms with E-state index in [0.29, 0.717) is 12.0 Å². The van der Waals surface area contributed by atoms with Gasteiger partial charge in [-0.15, -0.1) is 0 Å². The molecule has 6 heteroatoms. The van der Waals surface area contributed by atoms with Gasteiger partial charge in [0.25, 0.3) is 0 Å². The van der Waals surface area contributed by atoms with Crippen molar-refractivity contribution in [1.29, 1.82) is 0 Å². The van der Waals surface area contributed by atoms with Gasteiger partial charge in [-0.2, -0.15) is 0 Å². The van der Waals surface area contributed by atoms with Gasteiger partial charge in [-0.3, -0.25) is 4.79 Å². The Morgan fingerprint density at radius 2 is 1.79 bits per heavy atom. The van der Waals surface area contributed by atoms with Crippen molar-refractivity contribution in [3.63, 3.8) is 0 Å². The molecule has 4 rings (SSSR count). The molecule has 6 unspecified atom stereocenters. The number of fused-ring (bicyclic) bond motifs is 3. The SMILES string of the molecule is COC1CC2NCC3C(=O)N(c4ccccc4)NC3C2CC1OC. The van der Waals surface area contributed by atoms with E-state index in [0.717, 1.165) is 25.1 Å². The summed E-state index contributed by atoms with van der Waals surface area (Å²) in [6.45, 7) is 0.717. The van der Waals surface area contributed by atoms with E-state index in [2.05, 4.69) is 10.7 Å². The van der Waals surface area contributed by atoms with Crippen LogP contribution < -0.4 is 15.8 Å². The molecule has 6 atom stereocenters. The zero-order valence-corrected chi connectivity index (χ0v) is 14.1. The largest absolute Gasteiger partial charge is 0.379 e.